The molecule has 0 saturated carbocycles. The summed E-state index contributed by atoms with van der Waals surface area (Å²) >= 11 is 0. The fourth-order valence-corrected chi connectivity index (χ4v) is 2.24. The minimum absolute atomic E-state index is 0.518. The van der Waals surface area contributed by atoms with Crippen molar-refractivity contribution in [2.45, 2.75) is 33.4 Å². The van der Waals surface area contributed by atoms with E-state index < -0.39 is 0 Å². The van der Waals surface area contributed by atoms with E-state index in [4.69, 9.17) is 0 Å². The van der Waals surface area contributed by atoms with Crippen LogP contribution < -0.4 is 10.2 Å². The van der Waals surface area contributed by atoms with Gasteiger partial charge in [0.2, 0.25) is 0 Å². The molecule has 0 aliphatic carbocycles. The Morgan fingerprint density at radius 2 is 1.65 bits per heavy atom. The molecule has 0 saturated heterocycles. The lowest BCUT2D eigenvalue weighted by atomic mass is 10.1. The first-order valence-electron chi connectivity index (χ1n) is 7.19. The van der Waals surface area contributed by atoms with Crippen LogP contribution in [0.3, 0.4) is 0 Å². The second-order valence-corrected chi connectivity index (χ2v) is 5.55. The van der Waals surface area contributed by atoms with E-state index in [-0.39, 0.29) is 0 Å². The third-order valence-electron chi connectivity index (χ3n) is 3.51. The SMILES string of the molecule is Cc1ccccc1N(C)c1ccc(CNC(C)C)cc1. The summed E-state index contributed by atoms with van der Waals surface area (Å²) in [6.07, 6.45) is 0. The molecular formula is C18H24N2. The Morgan fingerprint density at radius 3 is 2.25 bits per heavy atom. The van der Waals surface area contributed by atoms with Crippen LogP contribution in [0, 0.1) is 6.92 Å². The predicted octanol–water partition coefficient (Wildman–Crippen LogP) is 4.26. The zero-order valence-electron chi connectivity index (χ0n) is 12.9. The van der Waals surface area contributed by atoms with Crippen molar-refractivity contribution in [2.24, 2.45) is 0 Å². The van der Waals surface area contributed by atoms with E-state index in [1.54, 1.807) is 0 Å². The molecule has 106 valence electrons. The van der Waals surface area contributed by atoms with Crippen LogP contribution >= 0.6 is 0 Å². The van der Waals surface area contributed by atoms with Crippen LogP contribution in [0.4, 0.5) is 11.4 Å². The predicted molar refractivity (Wildman–Crippen MR) is 87.7 cm³/mol. The normalized spacial score (nSPS) is 10.8. The van der Waals surface area contributed by atoms with Crippen molar-refractivity contribution in [1.29, 1.82) is 0 Å². The highest BCUT2D eigenvalue weighted by Crippen LogP contribution is 2.26. The number of aryl methyl sites for hydroxylation is 1. The van der Waals surface area contributed by atoms with Gasteiger partial charge in [0.15, 0.2) is 0 Å². The average molecular weight is 268 g/mol. The zero-order valence-corrected chi connectivity index (χ0v) is 12.9. The molecule has 0 amide bonds. The molecule has 2 aromatic rings. The number of nitrogens with zero attached hydrogens (tertiary/aromatic N) is 1. The Hall–Kier alpha value is -1.80. The molecule has 0 spiro atoms. The summed E-state index contributed by atoms with van der Waals surface area (Å²) in [5.41, 5.74) is 5.08. The van der Waals surface area contributed by atoms with E-state index in [9.17, 15) is 0 Å². The van der Waals surface area contributed by atoms with Crippen LogP contribution in [-0.2, 0) is 6.54 Å². The number of nitrogens with one attached hydrogen (secondary N) is 1. The number of para-hydroxylation sites is 1. The smallest absolute Gasteiger partial charge is 0.0437 e. The second kappa shape index (κ2) is 6.58. The first-order valence-corrected chi connectivity index (χ1v) is 7.19. The van der Waals surface area contributed by atoms with E-state index in [0.717, 1.165) is 6.54 Å². The average Bonchev–Trinajstić information content (AvgIpc) is 2.45. The summed E-state index contributed by atoms with van der Waals surface area (Å²) in [5, 5.41) is 3.44. The first-order chi connectivity index (χ1) is 9.58. The number of anilines is 2. The van der Waals surface area contributed by atoms with E-state index in [1.165, 1.54) is 22.5 Å². The van der Waals surface area contributed by atoms with Gasteiger partial charge in [-0.1, -0.05) is 44.2 Å². The van der Waals surface area contributed by atoms with Gasteiger partial charge in [0, 0.05) is 31.0 Å². The molecule has 2 rings (SSSR count). The van der Waals surface area contributed by atoms with E-state index in [0.29, 0.717) is 6.04 Å². The molecule has 2 heteroatoms. The van der Waals surface area contributed by atoms with Gasteiger partial charge in [-0.25, -0.2) is 0 Å². The van der Waals surface area contributed by atoms with Gasteiger partial charge in [-0.15, -0.1) is 0 Å². The van der Waals surface area contributed by atoms with E-state index >= 15 is 0 Å². The maximum absolute atomic E-state index is 3.44. The largest absolute Gasteiger partial charge is 0.344 e. The minimum Gasteiger partial charge on any atom is -0.344 e. The number of benzene rings is 2. The van der Waals surface area contributed by atoms with Crippen molar-refractivity contribution in [2.75, 3.05) is 11.9 Å². The second-order valence-electron chi connectivity index (χ2n) is 5.55. The van der Waals surface area contributed by atoms with Gasteiger partial charge in [-0.2, -0.15) is 0 Å². The molecule has 2 nitrogen and oxygen atoms in total. The standard InChI is InChI=1S/C18H24N2/c1-14(2)19-13-16-9-11-17(12-10-16)20(4)18-8-6-5-7-15(18)3/h5-12,14,19H,13H2,1-4H3. The monoisotopic (exact) mass is 268 g/mol. The molecule has 0 unspecified atom stereocenters. The van der Waals surface area contributed by atoms with E-state index in [1.807, 2.05) is 0 Å². The fraction of sp³-hybridized carbons (Fsp3) is 0.333. The van der Waals surface area contributed by atoms with E-state index in [2.05, 4.69) is 86.6 Å². The van der Waals surface area contributed by atoms with Crippen LogP contribution in [0.1, 0.15) is 25.0 Å². The van der Waals surface area contributed by atoms with Gasteiger partial charge in [-0.05, 0) is 36.2 Å². The maximum Gasteiger partial charge on any atom is 0.0437 e. The molecule has 0 radical (unpaired) electrons. The molecule has 0 aliphatic heterocycles. The molecule has 0 bridgehead atoms. The van der Waals surface area contributed by atoms with Gasteiger partial charge in [0.25, 0.3) is 0 Å². The molecule has 0 aliphatic rings. The molecular weight excluding hydrogens is 244 g/mol. The quantitative estimate of drug-likeness (QED) is 0.871. The Labute approximate surface area is 122 Å². The molecule has 0 fully saturated rings. The van der Waals surface area contributed by atoms with Crippen molar-refractivity contribution in [3.8, 4) is 0 Å². The highest BCUT2D eigenvalue weighted by molar-refractivity contribution is 5.65. The highest BCUT2D eigenvalue weighted by atomic mass is 15.1. The van der Waals surface area contributed by atoms with Crippen LogP contribution in [0.25, 0.3) is 0 Å². The summed E-state index contributed by atoms with van der Waals surface area (Å²) in [7, 11) is 2.11. The Bertz CT molecular complexity index is 544. The molecule has 20 heavy (non-hydrogen) atoms. The lowest BCUT2D eigenvalue weighted by molar-refractivity contribution is 0.589. The summed E-state index contributed by atoms with van der Waals surface area (Å²) in [4.78, 5) is 2.23. The van der Waals surface area contributed by atoms with Crippen LogP contribution in [0.2, 0.25) is 0 Å². The van der Waals surface area contributed by atoms with Crippen molar-refractivity contribution in [1.82, 2.24) is 5.32 Å². The molecule has 2 aromatic carbocycles. The van der Waals surface area contributed by atoms with Gasteiger partial charge in [-0.3, -0.25) is 0 Å². The van der Waals surface area contributed by atoms with Gasteiger partial charge >= 0.3 is 0 Å². The number of hydrogen-bond donors (Lipinski definition) is 1. The highest BCUT2D eigenvalue weighted by Gasteiger charge is 2.06. The van der Waals surface area contributed by atoms with Crippen molar-refractivity contribution < 1.29 is 0 Å². The first kappa shape index (κ1) is 14.6. The fourth-order valence-electron chi connectivity index (χ4n) is 2.24. The van der Waals surface area contributed by atoms with Crippen LogP contribution in [-0.4, -0.2) is 13.1 Å². The van der Waals surface area contributed by atoms with Crippen LogP contribution in [0.15, 0.2) is 48.5 Å². The molecule has 0 aromatic heterocycles. The third kappa shape index (κ3) is 3.61. The Kier molecular flexibility index (Phi) is 4.80. The van der Waals surface area contributed by atoms with Gasteiger partial charge in [0.1, 0.15) is 0 Å². The lowest BCUT2D eigenvalue weighted by Crippen LogP contribution is -2.21. The summed E-state index contributed by atoms with van der Waals surface area (Å²) in [6, 6.07) is 17.7. The van der Waals surface area contributed by atoms with Crippen molar-refractivity contribution in [3.05, 3.63) is 59.7 Å². The van der Waals surface area contributed by atoms with Gasteiger partial charge in [0.05, 0.1) is 0 Å². The molecule has 0 heterocycles. The summed E-state index contributed by atoms with van der Waals surface area (Å²) < 4.78 is 0. The van der Waals surface area contributed by atoms with Gasteiger partial charge < -0.3 is 10.2 Å². The minimum atomic E-state index is 0.518. The summed E-state index contributed by atoms with van der Waals surface area (Å²) in [6.45, 7) is 7.40. The lowest BCUT2D eigenvalue weighted by Gasteiger charge is -2.22. The molecule has 1 N–H and O–H groups in total. The maximum atomic E-state index is 3.44. The Morgan fingerprint density at radius 1 is 1.00 bits per heavy atom. The topological polar surface area (TPSA) is 15.3 Å². The van der Waals surface area contributed by atoms with Crippen molar-refractivity contribution in [3.63, 3.8) is 0 Å². The van der Waals surface area contributed by atoms with Crippen molar-refractivity contribution >= 4 is 11.4 Å². The summed E-state index contributed by atoms with van der Waals surface area (Å²) in [5.74, 6) is 0. The number of rotatable bonds is 5. The Balaban J connectivity index is 2.12. The zero-order chi connectivity index (χ0) is 14.5. The molecule has 0 atom stereocenters. The number of hydrogen-bond acceptors (Lipinski definition) is 2. The third-order valence-corrected chi connectivity index (χ3v) is 3.51. The van der Waals surface area contributed by atoms with Crippen LogP contribution in [0.5, 0.6) is 0 Å².